The predicted molar refractivity (Wildman–Crippen MR) is 122 cm³/mol. The molecule has 1 amide bonds. The lowest BCUT2D eigenvalue weighted by Gasteiger charge is -2.04. The largest absolute Gasteiger partial charge is 0.459 e. The molecule has 164 valence electrons. The van der Waals surface area contributed by atoms with Gasteiger partial charge in [-0.3, -0.25) is 19.7 Å². The Labute approximate surface area is 192 Å². The molecule has 0 radical (unpaired) electrons. The number of furan rings is 2. The lowest BCUT2D eigenvalue weighted by Crippen LogP contribution is -2.11. The number of nitrogens with zero attached hydrogens (tertiary/aromatic N) is 1. The first-order chi connectivity index (χ1) is 15.9. The lowest BCUT2D eigenvalue weighted by atomic mass is 10.1. The van der Waals surface area contributed by atoms with Gasteiger partial charge in [-0.2, -0.15) is 0 Å². The van der Waals surface area contributed by atoms with Crippen molar-refractivity contribution in [3.8, 4) is 11.3 Å². The molecule has 2 heterocycles. The van der Waals surface area contributed by atoms with E-state index < -0.39 is 10.8 Å². The Morgan fingerprint density at radius 2 is 1.88 bits per heavy atom. The number of amides is 1. The first-order valence-electron chi connectivity index (χ1n) is 9.62. The molecular formula is C24H15ClN2O6. The number of nitro benzene ring substituents is 1. The molecular weight excluding hydrogens is 448 g/mol. The highest BCUT2D eigenvalue weighted by Crippen LogP contribution is 2.32. The van der Waals surface area contributed by atoms with Crippen molar-refractivity contribution in [1.29, 1.82) is 0 Å². The number of anilines is 1. The molecule has 0 aliphatic carbocycles. The van der Waals surface area contributed by atoms with Crippen LogP contribution in [0.25, 0.3) is 17.4 Å². The number of halogens is 1. The van der Waals surface area contributed by atoms with Crippen LogP contribution in [0, 0.1) is 10.1 Å². The van der Waals surface area contributed by atoms with E-state index in [9.17, 15) is 19.7 Å². The maximum absolute atomic E-state index is 12.6. The van der Waals surface area contributed by atoms with Gasteiger partial charge in [-0.25, -0.2) is 0 Å². The summed E-state index contributed by atoms with van der Waals surface area (Å²) in [5.74, 6) is 0.247. The molecule has 2 aromatic carbocycles. The van der Waals surface area contributed by atoms with E-state index in [0.29, 0.717) is 28.3 Å². The van der Waals surface area contributed by atoms with E-state index in [2.05, 4.69) is 5.32 Å². The zero-order valence-corrected chi connectivity index (χ0v) is 17.6. The number of hydrogen-bond acceptors (Lipinski definition) is 6. The van der Waals surface area contributed by atoms with Crippen LogP contribution in [0.1, 0.15) is 26.7 Å². The second-order valence-electron chi connectivity index (χ2n) is 6.83. The van der Waals surface area contributed by atoms with Gasteiger partial charge in [0.15, 0.2) is 11.5 Å². The van der Waals surface area contributed by atoms with Crippen molar-refractivity contribution in [2.45, 2.75) is 0 Å². The zero-order valence-electron chi connectivity index (χ0n) is 16.9. The SMILES string of the molecule is O=C(C=Cc1ccc(-c2ccc([N+](=O)[O-])cc2Cl)o1)c1cccc(NC(=O)c2ccco2)c1. The second-order valence-corrected chi connectivity index (χ2v) is 7.24. The number of nitro groups is 1. The minimum atomic E-state index is -0.533. The fourth-order valence-corrected chi connectivity index (χ4v) is 3.28. The summed E-state index contributed by atoms with van der Waals surface area (Å²) in [7, 11) is 0. The van der Waals surface area contributed by atoms with Crippen LogP contribution in [0.5, 0.6) is 0 Å². The van der Waals surface area contributed by atoms with Crippen LogP contribution >= 0.6 is 11.6 Å². The number of rotatable bonds is 7. The molecule has 33 heavy (non-hydrogen) atoms. The first kappa shape index (κ1) is 21.8. The zero-order chi connectivity index (χ0) is 23.4. The van der Waals surface area contributed by atoms with E-state index in [4.69, 9.17) is 20.4 Å². The maximum Gasteiger partial charge on any atom is 0.291 e. The van der Waals surface area contributed by atoms with Gasteiger partial charge in [-0.1, -0.05) is 23.7 Å². The van der Waals surface area contributed by atoms with Crippen molar-refractivity contribution in [2.75, 3.05) is 5.32 Å². The van der Waals surface area contributed by atoms with Gasteiger partial charge in [-0.05, 0) is 54.6 Å². The molecule has 0 atom stereocenters. The molecule has 0 aliphatic heterocycles. The minimum Gasteiger partial charge on any atom is -0.459 e. The summed E-state index contributed by atoms with van der Waals surface area (Å²) in [6, 6.07) is 17.0. The van der Waals surface area contributed by atoms with Crippen LogP contribution in [0.3, 0.4) is 0 Å². The highest BCUT2D eigenvalue weighted by molar-refractivity contribution is 6.33. The second kappa shape index (κ2) is 9.37. The molecule has 0 fully saturated rings. The first-order valence-corrected chi connectivity index (χ1v) is 10.00. The van der Waals surface area contributed by atoms with Crippen LogP contribution in [0.4, 0.5) is 11.4 Å². The summed E-state index contributed by atoms with van der Waals surface area (Å²) in [6.45, 7) is 0. The van der Waals surface area contributed by atoms with Crippen molar-refractivity contribution in [1.82, 2.24) is 0 Å². The van der Waals surface area contributed by atoms with Crippen molar-refractivity contribution in [2.24, 2.45) is 0 Å². The Hall–Kier alpha value is -4.43. The van der Waals surface area contributed by atoms with Crippen LogP contribution in [0.15, 0.2) is 87.9 Å². The number of benzene rings is 2. The number of ketones is 1. The van der Waals surface area contributed by atoms with Crippen LogP contribution < -0.4 is 5.32 Å². The summed E-state index contributed by atoms with van der Waals surface area (Å²) in [6.07, 6.45) is 4.24. The third-order valence-corrected chi connectivity index (χ3v) is 4.92. The topological polar surface area (TPSA) is 116 Å². The smallest absolute Gasteiger partial charge is 0.291 e. The summed E-state index contributed by atoms with van der Waals surface area (Å²) in [4.78, 5) is 35.0. The molecule has 1 N–H and O–H groups in total. The fourth-order valence-electron chi connectivity index (χ4n) is 3.01. The molecule has 9 heteroatoms. The number of carbonyl (C=O) groups is 2. The third-order valence-electron chi connectivity index (χ3n) is 4.60. The molecule has 0 saturated carbocycles. The van der Waals surface area contributed by atoms with Crippen molar-refractivity contribution in [3.05, 3.63) is 111 Å². The summed E-state index contributed by atoms with van der Waals surface area (Å²) in [5, 5.41) is 13.7. The van der Waals surface area contributed by atoms with E-state index in [1.807, 2.05) is 0 Å². The average molecular weight is 463 g/mol. The standard InChI is InChI=1S/C24H15ClN2O6/c25-20-14-17(27(30)31)6-9-19(20)22-11-8-18(33-22)7-10-21(28)15-3-1-4-16(13-15)26-24(29)23-5-2-12-32-23/h1-14H,(H,26,29). The summed E-state index contributed by atoms with van der Waals surface area (Å²) >= 11 is 6.14. The highest BCUT2D eigenvalue weighted by atomic mass is 35.5. The van der Waals surface area contributed by atoms with Gasteiger partial charge in [0, 0.05) is 28.9 Å². The quantitative estimate of drug-likeness (QED) is 0.150. The number of hydrogen-bond donors (Lipinski definition) is 1. The van der Waals surface area contributed by atoms with E-state index in [1.165, 1.54) is 42.7 Å². The molecule has 4 rings (SSSR count). The van der Waals surface area contributed by atoms with Crippen LogP contribution in [0.2, 0.25) is 5.02 Å². The molecule has 0 saturated heterocycles. The lowest BCUT2D eigenvalue weighted by molar-refractivity contribution is -0.384. The van der Waals surface area contributed by atoms with E-state index in [0.717, 1.165) is 0 Å². The Morgan fingerprint density at radius 1 is 1.03 bits per heavy atom. The van der Waals surface area contributed by atoms with Crippen LogP contribution in [-0.4, -0.2) is 16.6 Å². The molecule has 0 unspecified atom stereocenters. The van der Waals surface area contributed by atoms with Gasteiger partial charge in [-0.15, -0.1) is 0 Å². The maximum atomic E-state index is 12.6. The summed E-state index contributed by atoms with van der Waals surface area (Å²) in [5.41, 5.74) is 1.19. The Kier molecular flexibility index (Phi) is 6.19. The molecule has 0 spiro atoms. The van der Waals surface area contributed by atoms with E-state index >= 15 is 0 Å². The summed E-state index contributed by atoms with van der Waals surface area (Å²) < 4.78 is 10.7. The van der Waals surface area contributed by atoms with Gasteiger partial charge >= 0.3 is 0 Å². The Balaban J connectivity index is 1.46. The molecule has 2 aromatic heterocycles. The number of non-ortho nitro benzene ring substituents is 1. The van der Waals surface area contributed by atoms with E-state index in [1.54, 1.807) is 42.5 Å². The van der Waals surface area contributed by atoms with Crippen molar-refractivity contribution in [3.63, 3.8) is 0 Å². The van der Waals surface area contributed by atoms with Gasteiger partial charge in [0.1, 0.15) is 11.5 Å². The third kappa shape index (κ3) is 5.08. The molecule has 0 bridgehead atoms. The predicted octanol–water partition coefficient (Wildman–Crippen LogP) is 6.25. The Bertz CT molecular complexity index is 1370. The van der Waals surface area contributed by atoms with E-state index in [-0.39, 0.29) is 22.3 Å². The number of allylic oxidation sites excluding steroid dienone is 1. The van der Waals surface area contributed by atoms with Gasteiger partial charge in [0.05, 0.1) is 16.2 Å². The van der Waals surface area contributed by atoms with Gasteiger partial charge in [0.25, 0.3) is 11.6 Å². The van der Waals surface area contributed by atoms with Gasteiger partial charge in [0.2, 0.25) is 0 Å². The van der Waals surface area contributed by atoms with Gasteiger partial charge < -0.3 is 14.2 Å². The highest BCUT2D eigenvalue weighted by Gasteiger charge is 2.14. The monoisotopic (exact) mass is 462 g/mol. The normalized spacial score (nSPS) is 10.9. The van der Waals surface area contributed by atoms with Crippen molar-refractivity contribution >= 4 is 40.7 Å². The van der Waals surface area contributed by atoms with Crippen molar-refractivity contribution < 1.29 is 23.3 Å². The Morgan fingerprint density at radius 3 is 2.61 bits per heavy atom. The molecule has 4 aromatic rings. The fraction of sp³-hybridized carbons (Fsp3) is 0. The number of nitrogens with one attached hydrogen (secondary N) is 1. The average Bonchev–Trinajstić information content (AvgIpc) is 3.50. The van der Waals surface area contributed by atoms with Crippen LogP contribution in [-0.2, 0) is 0 Å². The molecule has 0 aliphatic rings. The molecule has 8 nitrogen and oxygen atoms in total. The minimum absolute atomic E-state index is 0.122. The number of carbonyl (C=O) groups excluding carboxylic acids is 2.